The molecule has 0 radical (unpaired) electrons. The number of rotatable bonds is 6. The molecule has 7 nitrogen and oxygen atoms in total. The summed E-state index contributed by atoms with van der Waals surface area (Å²) in [5.41, 5.74) is 1.86. The van der Waals surface area contributed by atoms with Crippen molar-refractivity contribution in [2.24, 2.45) is 0 Å². The van der Waals surface area contributed by atoms with Crippen molar-refractivity contribution in [2.75, 3.05) is 30.4 Å². The van der Waals surface area contributed by atoms with Crippen molar-refractivity contribution < 1.29 is 0 Å². The summed E-state index contributed by atoms with van der Waals surface area (Å²) in [6, 6.07) is 10.3. The van der Waals surface area contributed by atoms with Gasteiger partial charge < -0.3 is 10.2 Å². The molecule has 0 aliphatic heterocycles. The lowest BCUT2D eigenvalue weighted by atomic mass is 10.3. The summed E-state index contributed by atoms with van der Waals surface area (Å²) in [7, 11) is 2.10. The monoisotopic (exact) mass is 283 g/mol. The van der Waals surface area contributed by atoms with Gasteiger partial charge in [0.2, 0.25) is 0 Å². The van der Waals surface area contributed by atoms with E-state index in [1.54, 1.807) is 16.9 Å². The highest BCUT2D eigenvalue weighted by Crippen LogP contribution is 2.11. The number of para-hydroxylation sites is 1. The molecule has 2 heterocycles. The highest BCUT2D eigenvalue weighted by atomic mass is 15.5. The maximum atomic E-state index is 4.11. The van der Waals surface area contributed by atoms with Gasteiger partial charge in [0.1, 0.15) is 5.82 Å². The lowest BCUT2D eigenvalue weighted by Gasteiger charge is -2.19. The highest BCUT2D eigenvalue weighted by molar-refractivity contribution is 5.45. The maximum Gasteiger partial charge on any atom is 0.199 e. The van der Waals surface area contributed by atoms with Crippen LogP contribution in [0.15, 0.2) is 42.7 Å². The lowest BCUT2D eigenvalue weighted by Crippen LogP contribution is -2.21. The Labute approximate surface area is 122 Å². The Hall–Kier alpha value is -2.70. The number of nitrogens with one attached hydrogen (secondary N) is 1. The summed E-state index contributed by atoms with van der Waals surface area (Å²) in [6.07, 6.45) is 4.36. The Bertz CT molecular complexity index is 695. The molecule has 1 N–H and O–H groups in total. The fourth-order valence-electron chi connectivity index (χ4n) is 2.14. The van der Waals surface area contributed by atoms with Crippen molar-refractivity contribution in [3.63, 3.8) is 0 Å². The number of benzene rings is 1. The molecular weight excluding hydrogens is 266 g/mol. The summed E-state index contributed by atoms with van der Waals surface area (Å²) in [5.74, 6) is 0.805. The Morgan fingerprint density at radius 3 is 2.90 bits per heavy atom. The number of tetrazole rings is 1. The van der Waals surface area contributed by atoms with E-state index in [9.17, 15) is 0 Å². The summed E-state index contributed by atoms with van der Waals surface area (Å²) in [6.45, 7) is 1.80. The lowest BCUT2D eigenvalue weighted by molar-refractivity contribution is 0.792. The second-order valence-electron chi connectivity index (χ2n) is 4.78. The van der Waals surface area contributed by atoms with Gasteiger partial charge >= 0.3 is 0 Å². The van der Waals surface area contributed by atoms with Gasteiger partial charge in [-0.2, -0.15) is 4.52 Å². The van der Waals surface area contributed by atoms with E-state index in [-0.39, 0.29) is 0 Å². The van der Waals surface area contributed by atoms with Crippen LogP contribution in [0.25, 0.3) is 5.65 Å². The molecule has 0 unspecified atom stereocenters. The fourth-order valence-corrected chi connectivity index (χ4v) is 2.14. The minimum Gasteiger partial charge on any atom is -0.375 e. The second kappa shape index (κ2) is 6.17. The summed E-state index contributed by atoms with van der Waals surface area (Å²) < 4.78 is 1.65. The van der Waals surface area contributed by atoms with Crippen LogP contribution in [0.5, 0.6) is 0 Å². The SMILES string of the molecule is CN(CCCNc1cncc2nnnn12)c1ccccc1. The molecule has 0 bridgehead atoms. The molecule has 0 aliphatic carbocycles. The second-order valence-corrected chi connectivity index (χ2v) is 4.78. The van der Waals surface area contributed by atoms with Crippen molar-refractivity contribution in [3.05, 3.63) is 42.7 Å². The third kappa shape index (κ3) is 3.07. The predicted octanol–water partition coefficient (Wildman–Crippen LogP) is 1.46. The van der Waals surface area contributed by atoms with Crippen molar-refractivity contribution in [1.29, 1.82) is 0 Å². The normalized spacial score (nSPS) is 10.7. The zero-order valence-electron chi connectivity index (χ0n) is 11.8. The molecule has 21 heavy (non-hydrogen) atoms. The molecule has 2 aromatic heterocycles. The Balaban J connectivity index is 1.51. The van der Waals surface area contributed by atoms with Crippen molar-refractivity contribution in [2.45, 2.75) is 6.42 Å². The van der Waals surface area contributed by atoms with Crippen molar-refractivity contribution in [3.8, 4) is 0 Å². The van der Waals surface area contributed by atoms with Gasteiger partial charge in [-0.1, -0.05) is 18.2 Å². The molecular formula is C14H17N7. The average Bonchev–Trinajstić information content (AvgIpc) is 3.01. The zero-order chi connectivity index (χ0) is 14.5. The first kappa shape index (κ1) is 13.3. The number of hydrogen-bond donors (Lipinski definition) is 1. The van der Waals surface area contributed by atoms with E-state index >= 15 is 0 Å². The van der Waals surface area contributed by atoms with Gasteiger partial charge in [0.15, 0.2) is 5.65 Å². The van der Waals surface area contributed by atoms with E-state index in [2.05, 4.69) is 49.9 Å². The van der Waals surface area contributed by atoms with Gasteiger partial charge in [0, 0.05) is 25.8 Å². The van der Waals surface area contributed by atoms with Crippen LogP contribution in [-0.2, 0) is 0 Å². The van der Waals surface area contributed by atoms with Crippen LogP contribution in [0.2, 0.25) is 0 Å². The predicted molar refractivity (Wildman–Crippen MR) is 81.4 cm³/mol. The molecule has 7 heteroatoms. The summed E-state index contributed by atoms with van der Waals surface area (Å²) in [4.78, 5) is 6.34. The largest absolute Gasteiger partial charge is 0.375 e. The Morgan fingerprint density at radius 1 is 1.19 bits per heavy atom. The molecule has 0 amide bonds. The van der Waals surface area contributed by atoms with E-state index in [1.807, 2.05) is 18.2 Å². The zero-order valence-corrected chi connectivity index (χ0v) is 11.8. The molecule has 0 saturated carbocycles. The minimum atomic E-state index is 0.640. The fraction of sp³-hybridized carbons (Fsp3) is 0.286. The van der Waals surface area contributed by atoms with Gasteiger partial charge in [-0.05, 0) is 29.0 Å². The standard InChI is InChI=1S/C14H17N7/c1-20(12-6-3-2-4-7-12)9-5-8-16-13-10-15-11-14-17-18-19-21(13)14/h2-4,6-7,10-11,16H,5,8-9H2,1H3. The van der Waals surface area contributed by atoms with Gasteiger partial charge in [0.05, 0.1) is 12.4 Å². The first-order valence-corrected chi connectivity index (χ1v) is 6.87. The highest BCUT2D eigenvalue weighted by Gasteiger charge is 2.03. The molecule has 0 spiro atoms. The molecule has 3 aromatic rings. The first-order chi connectivity index (χ1) is 10.3. The molecule has 0 atom stereocenters. The van der Waals surface area contributed by atoms with Crippen molar-refractivity contribution in [1.82, 2.24) is 25.0 Å². The van der Waals surface area contributed by atoms with Crippen LogP contribution in [0.4, 0.5) is 11.5 Å². The molecule has 108 valence electrons. The van der Waals surface area contributed by atoms with Gasteiger partial charge in [-0.25, -0.2) is 0 Å². The van der Waals surface area contributed by atoms with Gasteiger partial charge in [0.25, 0.3) is 0 Å². The number of hydrogen-bond acceptors (Lipinski definition) is 6. The van der Waals surface area contributed by atoms with E-state index in [0.29, 0.717) is 5.65 Å². The van der Waals surface area contributed by atoms with Crippen LogP contribution in [0.3, 0.4) is 0 Å². The average molecular weight is 283 g/mol. The van der Waals surface area contributed by atoms with Crippen LogP contribution in [0, 0.1) is 0 Å². The minimum absolute atomic E-state index is 0.640. The van der Waals surface area contributed by atoms with E-state index in [0.717, 1.165) is 25.3 Å². The number of aromatic nitrogens is 5. The molecule has 1 aromatic carbocycles. The van der Waals surface area contributed by atoms with Gasteiger partial charge in [-0.3, -0.25) is 4.98 Å². The van der Waals surface area contributed by atoms with Crippen LogP contribution in [0.1, 0.15) is 6.42 Å². The van der Waals surface area contributed by atoms with Crippen LogP contribution in [-0.4, -0.2) is 45.2 Å². The first-order valence-electron chi connectivity index (χ1n) is 6.87. The van der Waals surface area contributed by atoms with E-state index in [1.165, 1.54) is 5.69 Å². The Kier molecular flexibility index (Phi) is 3.90. The van der Waals surface area contributed by atoms with Gasteiger partial charge in [-0.15, -0.1) is 5.10 Å². The molecule has 3 rings (SSSR count). The summed E-state index contributed by atoms with van der Waals surface area (Å²) >= 11 is 0. The van der Waals surface area contributed by atoms with Crippen molar-refractivity contribution >= 4 is 17.2 Å². The Morgan fingerprint density at radius 2 is 2.05 bits per heavy atom. The molecule has 0 fully saturated rings. The molecule has 0 aliphatic rings. The quantitative estimate of drug-likeness (QED) is 0.691. The van der Waals surface area contributed by atoms with Crippen LogP contribution < -0.4 is 10.2 Å². The number of nitrogens with zero attached hydrogens (tertiary/aromatic N) is 6. The summed E-state index contributed by atoms with van der Waals surface area (Å²) in [5, 5.41) is 14.7. The maximum absolute atomic E-state index is 4.11. The topological polar surface area (TPSA) is 71.2 Å². The third-order valence-corrected chi connectivity index (χ3v) is 3.28. The smallest absolute Gasteiger partial charge is 0.199 e. The number of anilines is 2. The number of fused-ring (bicyclic) bond motifs is 1. The molecule has 0 saturated heterocycles. The van der Waals surface area contributed by atoms with Crippen LogP contribution >= 0.6 is 0 Å². The van der Waals surface area contributed by atoms with E-state index in [4.69, 9.17) is 0 Å². The van der Waals surface area contributed by atoms with E-state index < -0.39 is 0 Å². The third-order valence-electron chi connectivity index (χ3n) is 3.28.